The molecule has 0 bridgehead atoms. The minimum absolute atomic E-state index is 0.157. The summed E-state index contributed by atoms with van der Waals surface area (Å²) in [6.45, 7) is 2.33. The Labute approximate surface area is 170 Å². The number of rotatable bonds is 5. The molecule has 1 heterocycles. The highest BCUT2D eigenvalue weighted by Gasteiger charge is 2.36. The number of methoxy groups -OCH3 is 1. The monoisotopic (exact) mass is 444 g/mol. The molecule has 0 atom stereocenters. The van der Waals surface area contributed by atoms with E-state index in [-0.39, 0.29) is 5.57 Å². The Hall–Kier alpha value is -3.13. The highest BCUT2D eigenvalue weighted by molar-refractivity contribution is 9.10. The lowest BCUT2D eigenvalue weighted by Crippen LogP contribution is -2.54. The molecule has 1 N–H and O–H groups in total. The molecular weight excluding hydrogens is 428 g/mol. The smallest absolute Gasteiger partial charge is 0.335 e. The molecule has 144 valence electrons. The number of halogens is 1. The number of hydrogen-bond acceptors (Lipinski definition) is 5. The number of benzene rings is 2. The normalized spacial score (nSPS) is 15.6. The van der Waals surface area contributed by atoms with Crippen LogP contribution < -0.4 is 19.7 Å². The van der Waals surface area contributed by atoms with Crippen LogP contribution in [0.2, 0.25) is 0 Å². The minimum atomic E-state index is -0.804. The average molecular weight is 445 g/mol. The molecule has 0 aromatic heterocycles. The van der Waals surface area contributed by atoms with Gasteiger partial charge in [-0.05, 0) is 61.0 Å². The minimum Gasteiger partial charge on any atom is -0.497 e. The van der Waals surface area contributed by atoms with Gasteiger partial charge in [0.25, 0.3) is 11.8 Å². The van der Waals surface area contributed by atoms with E-state index in [0.29, 0.717) is 29.4 Å². The van der Waals surface area contributed by atoms with Crippen LogP contribution in [-0.4, -0.2) is 31.6 Å². The number of imide groups is 2. The zero-order valence-electron chi connectivity index (χ0n) is 15.2. The first-order valence-corrected chi connectivity index (χ1v) is 9.21. The van der Waals surface area contributed by atoms with Crippen molar-refractivity contribution < 1.29 is 23.9 Å². The molecule has 2 aromatic carbocycles. The Kier molecular flexibility index (Phi) is 5.79. The number of urea groups is 1. The van der Waals surface area contributed by atoms with Crippen LogP contribution in [-0.2, 0) is 9.59 Å². The molecule has 8 heteroatoms. The molecule has 1 aliphatic rings. The van der Waals surface area contributed by atoms with E-state index in [0.717, 1.165) is 9.37 Å². The number of nitrogens with one attached hydrogen (secondary N) is 1. The number of hydrogen-bond donors (Lipinski definition) is 1. The molecule has 3 rings (SSSR count). The summed E-state index contributed by atoms with van der Waals surface area (Å²) >= 11 is 3.38. The fourth-order valence-electron chi connectivity index (χ4n) is 2.71. The Morgan fingerprint density at radius 1 is 1.07 bits per heavy atom. The lowest BCUT2D eigenvalue weighted by Gasteiger charge is -2.26. The molecular formula is C20H17BrN2O5. The zero-order valence-corrected chi connectivity index (χ0v) is 16.8. The predicted octanol–water partition coefficient (Wildman–Crippen LogP) is 3.52. The SMILES string of the molecule is CCOc1cc(Br)cc(/C=C2\C(=O)NC(=O)N(c3ccc(OC)cc3)C2=O)c1. The summed E-state index contributed by atoms with van der Waals surface area (Å²) in [5.41, 5.74) is 0.752. The van der Waals surface area contributed by atoms with Crippen molar-refractivity contribution in [2.45, 2.75) is 6.92 Å². The Balaban J connectivity index is 1.98. The van der Waals surface area contributed by atoms with E-state index in [1.54, 1.807) is 42.5 Å². The van der Waals surface area contributed by atoms with Crippen LogP contribution in [0.15, 0.2) is 52.5 Å². The van der Waals surface area contributed by atoms with Crippen LogP contribution in [0.1, 0.15) is 12.5 Å². The van der Waals surface area contributed by atoms with Gasteiger partial charge in [0.05, 0.1) is 19.4 Å². The summed E-state index contributed by atoms with van der Waals surface area (Å²) in [5, 5.41) is 2.20. The van der Waals surface area contributed by atoms with Gasteiger partial charge in [-0.15, -0.1) is 0 Å². The number of carbonyl (C=O) groups is 3. The number of carbonyl (C=O) groups excluding carboxylic acids is 3. The first-order chi connectivity index (χ1) is 13.4. The van der Waals surface area contributed by atoms with Gasteiger partial charge in [0.1, 0.15) is 17.1 Å². The van der Waals surface area contributed by atoms with Crippen LogP contribution in [0.5, 0.6) is 11.5 Å². The summed E-state index contributed by atoms with van der Waals surface area (Å²) in [5.74, 6) is -0.289. The number of ether oxygens (including phenoxy) is 2. The van der Waals surface area contributed by atoms with Crippen molar-refractivity contribution in [3.05, 3.63) is 58.1 Å². The average Bonchev–Trinajstić information content (AvgIpc) is 2.65. The van der Waals surface area contributed by atoms with Gasteiger partial charge >= 0.3 is 6.03 Å². The van der Waals surface area contributed by atoms with Crippen molar-refractivity contribution in [2.75, 3.05) is 18.6 Å². The van der Waals surface area contributed by atoms with E-state index in [1.807, 2.05) is 6.92 Å². The van der Waals surface area contributed by atoms with Gasteiger partial charge in [-0.1, -0.05) is 15.9 Å². The lowest BCUT2D eigenvalue weighted by molar-refractivity contribution is -0.122. The highest BCUT2D eigenvalue weighted by atomic mass is 79.9. The van der Waals surface area contributed by atoms with Gasteiger partial charge in [-0.2, -0.15) is 0 Å². The van der Waals surface area contributed by atoms with Gasteiger partial charge in [0, 0.05) is 4.47 Å². The lowest BCUT2D eigenvalue weighted by atomic mass is 10.1. The van der Waals surface area contributed by atoms with Crippen molar-refractivity contribution in [2.24, 2.45) is 0 Å². The van der Waals surface area contributed by atoms with E-state index in [2.05, 4.69) is 21.2 Å². The van der Waals surface area contributed by atoms with Gasteiger partial charge in [0.2, 0.25) is 0 Å². The van der Waals surface area contributed by atoms with Crippen LogP contribution in [0.4, 0.5) is 10.5 Å². The molecule has 1 fully saturated rings. The molecule has 1 aliphatic heterocycles. The van der Waals surface area contributed by atoms with Crippen LogP contribution >= 0.6 is 15.9 Å². The summed E-state index contributed by atoms with van der Waals surface area (Å²) in [4.78, 5) is 38.3. The second kappa shape index (κ2) is 8.26. The second-order valence-corrected chi connectivity index (χ2v) is 6.72. The third-order valence-electron chi connectivity index (χ3n) is 3.95. The fraction of sp³-hybridized carbons (Fsp3) is 0.150. The Morgan fingerprint density at radius 2 is 1.79 bits per heavy atom. The van der Waals surface area contributed by atoms with Crippen molar-refractivity contribution >= 4 is 45.5 Å². The van der Waals surface area contributed by atoms with E-state index in [1.165, 1.54) is 13.2 Å². The zero-order chi connectivity index (χ0) is 20.3. The van der Waals surface area contributed by atoms with Gasteiger partial charge in [-0.3, -0.25) is 14.9 Å². The third-order valence-corrected chi connectivity index (χ3v) is 4.41. The van der Waals surface area contributed by atoms with E-state index < -0.39 is 17.8 Å². The number of amides is 4. The molecule has 4 amide bonds. The van der Waals surface area contributed by atoms with Crippen molar-refractivity contribution in [3.8, 4) is 11.5 Å². The van der Waals surface area contributed by atoms with E-state index in [4.69, 9.17) is 9.47 Å². The number of barbiturate groups is 1. The molecule has 1 saturated heterocycles. The maximum atomic E-state index is 12.9. The molecule has 0 saturated carbocycles. The van der Waals surface area contributed by atoms with E-state index >= 15 is 0 Å². The van der Waals surface area contributed by atoms with Gasteiger partial charge < -0.3 is 9.47 Å². The quantitative estimate of drug-likeness (QED) is 0.563. The van der Waals surface area contributed by atoms with Crippen LogP contribution in [0.25, 0.3) is 6.08 Å². The highest BCUT2D eigenvalue weighted by Crippen LogP contribution is 2.26. The van der Waals surface area contributed by atoms with Crippen LogP contribution in [0, 0.1) is 0 Å². The van der Waals surface area contributed by atoms with Crippen molar-refractivity contribution in [3.63, 3.8) is 0 Å². The summed E-state index contributed by atoms with van der Waals surface area (Å²) in [6, 6.07) is 10.8. The number of nitrogens with zero attached hydrogens (tertiary/aromatic N) is 1. The molecule has 0 spiro atoms. The van der Waals surface area contributed by atoms with Crippen molar-refractivity contribution in [1.29, 1.82) is 0 Å². The third kappa shape index (κ3) is 4.07. The molecule has 0 radical (unpaired) electrons. The summed E-state index contributed by atoms with van der Waals surface area (Å²) in [7, 11) is 1.52. The molecule has 7 nitrogen and oxygen atoms in total. The Bertz CT molecular complexity index is 969. The van der Waals surface area contributed by atoms with Crippen LogP contribution in [0.3, 0.4) is 0 Å². The summed E-state index contributed by atoms with van der Waals surface area (Å²) in [6.07, 6.45) is 1.42. The first-order valence-electron chi connectivity index (χ1n) is 8.42. The maximum Gasteiger partial charge on any atom is 0.335 e. The van der Waals surface area contributed by atoms with Gasteiger partial charge in [0.15, 0.2) is 0 Å². The molecule has 0 aliphatic carbocycles. The standard InChI is InChI=1S/C20H17BrN2O5/c1-3-28-16-9-12(8-13(21)11-16)10-17-18(24)22-20(26)23(19(17)25)14-4-6-15(27-2)7-5-14/h4-11H,3H2,1-2H3,(H,22,24,26)/b17-10+. The largest absolute Gasteiger partial charge is 0.497 e. The molecule has 2 aromatic rings. The second-order valence-electron chi connectivity index (χ2n) is 5.81. The summed E-state index contributed by atoms with van der Waals surface area (Å²) < 4.78 is 11.3. The fourth-order valence-corrected chi connectivity index (χ4v) is 3.20. The number of anilines is 1. The molecule has 28 heavy (non-hydrogen) atoms. The van der Waals surface area contributed by atoms with Crippen molar-refractivity contribution in [1.82, 2.24) is 5.32 Å². The maximum absolute atomic E-state index is 12.9. The van der Waals surface area contributed by atoms with Gasteiger partial charge in [-0.25, -0.2) is 9.69 Å². The predicted molar refractivity (Wildman–Crippen MR) is 107 cm³/mol. The van der Waals surface area contributed by atoms with E-state index in [9.17, 15) is 14.4 Å². The topological polar surface area (TPSA) is 84.9 Å². The Morgan fingerprint density at radius 3 is 2.43 bits per heavy atom. The molecule has 0 unspecified atom stereocenters. The first kappa shape index (κ1) is 19.6.